The number of ether oxygens (including phenoxy) is 1. The molecule has 0 bridgehead atoms. The number of hydrogen-bond acceptors (Lipinski definition) is 3. The summed E-state index contributed by atoms with van der Waals surface area (Å²) in [5, 5.41) is 0. The molecule has 3 nitrogen and oxygen atoms in total. The van der Waals surface area contributed by atoms with Crippen molar-refractivity contribution in [2.45, 2.75) is 6.04 Å². The Bertz CT molecular complexity index is 332. The standard InChI is InChI=1S/C12H18N2O/c1-13(2)10-8-14(9-10)11-6-4-5-7-12(11)15-3/h4-7,10H,8-9H2,1-3H3. The van der Waals surface area contributed by atoms with Crippen LogP contribution >= 0.6 is 0 Å². The summed E-state index contributed by atoms with van der Waals surface area (Å²) in [5.41, 5.74) is 1.21. The summed E-state index contributed by atoms with van der Waals surface area (Å²) in [6, 6.07) is 8.87. The minimum Gasteiger partial charge on any atom is -0.495 e. The number of rotatable bonds is 3. The van der Waals surface area contributed by atoms with Crippen molar-refractivity contribution in [1.29, 1.82) is 0 Å². The van der Waals surface area contributed by atoms with E-state index in [4.69, 9.17) is 4.74 Å². The Hall–Kier alpha value is -1.22. The molecule has 1 heterocycles. The first-order valence-corrected chi connectivity index (χ1v) is 5.26. The molecule has 1 fully saturated rings. The van der Waals surface area contributed by atoms with E-state index in [1.54, 1.807) is 7.11 Å². The Morgan fingerprint density at radius 3 is 2.53 bits per heavy atom. The maximum absolute atomic E-state index is 5.34. The van der Waals surface area contributed by atoms with Gasteiger partial charge in [-0.3, -0.25) is 0 Å². The number of nitrogens with zero attached hydrogens (tertiary/aromatic N) is 2. The van der Waals surface area contributed by atoms with E-state index in [1.807, 2.05) is 12.1 Å². The molecule has 82 valence electrons. The SMILES string of the molecule is COc1ccccc1N1CC(N(C)C)C1. The highest BCUT2D eigenvalue weighted by Crippen LogP contribution is 2.31. The largest absolute Gasteiger partial charge is 0.495 e. The first-order chi connectivity index (χ1) is 7.22. The van der Waals surface area contributed by atoms with Crippen LogP contribution in [0.25, 0.3) is 0 Å². The summed E-state index contributed by atoms with van der Waals surface area (Å²) in [7, 11) is 5.98. The maximum Gasteiger partial charge on any atom is 0.142 e. The van der Waals surface area contributed by atoms with E-state index in [0.29, 0.717) is 6.04 Å². The molecule has 3 heteroatoms. The van der Waals surface area contributed by atoms with E-state index in [9.17, 15) is 0 Å². The molecule has 0 aromatic heterocycles. The topological polar surface area (TPSA) is 15.7 Å². The van der Waals surface area contributed by atoms with Crippen molar-refractivity contribution < 1.29 is 4.74 Å². The van der Waals surface area contributed by atoms with Gasteiger partial charge in [-0.1, -0.05) is 12.1 Å². The first-order valence-electron chi connectivity index (χ1n) is 5.26. The normalized spacial score (nSPS) is 16.7. The first kappa shape index (κ1) is 10.3. The monoisotopic (exact) mass is 206 g/mol. The van der Waals surface area contributed by atoms with Gasteiger partial charge in [-0.15, -0.1) is 0 Å². The fourth-order valence-electron chi connectivity index (χ4n) is 1.87. The zero-order chi connectivity index (χ0) is 10.8. The second-order valence-electron chi connectivity index (χ2n) is 4.19. The fourth-order valence-corrected chi connectivity index (χ4v) is 1.87. The van der Waals surface area contributed by atoms with Gasteiger partial charge in [-0.05, 0) is 26.2 Å². The predicted octanol–water partition coefficient (Wildman–Crippen LogP) is 1.45. The van der Waals surface area contributed by atoms with Crippen molar-refractivity contribution in [3.05, 3.63) is 24.3 Å². The van der Waals surface area contributed by atoms with Crippen LogP contribution in [0, 0.1) is 0 Å². The molecule has 0 amide bonds. The highest BCUT2D eigenvalue weighted by molar-refractivity contribution is 5.60. The molecule has 0 spiro atoms. The average molecular weight is 206 g/mol. The predicted molar refractivity (Wildman–Crippen MR) is 62.7 cm³/mol. The van der Waals surface area contributed by atoms with Crippen LogP contribution in [0.1, 0.15) is 0 Å². The highest BCUT2D eigenvalue weighted by atomic mass is 16.5. The molecule has 2 rings (SSSR count). The second-order valence-corrected chi connectivity index (χ2v) is 4.19. The molecular formula is C12H18N2O. The summed E-state index contributed by atoms with van der Waals surface area (Å²) in [6.07, 6.45) is 0. The Morgan fingerprint density at radius 1 is 1.27 bits per heavy atom. The van der Waals surface area contributed by atoms with E-state index in [2.05, 4.69) is 36.0 Å². The van der Waals surface area contributed by atoms with Crippen molar-refractivity contribution in [1.82, 2.24) is 4.90 Å². The van der Waals surface area contributed by atoms with Gasteiger partial charge in [0.2, 0.25) is 0 Å². The molecule has 1 aliphatic rings. The van der Waals surface area contributed by atoms with Crippen LogP contribution in [-0.2, 0) is 0 Å². The zero-order valence-electron chi connectivity index (χ0n) is 9.60. The molecule has 1 saturated heterocycles. The minimum absolute atomic E-state index is 0.676. The summed E-state index contributed by atoms with van der Waals surface area (Å²) in [6.45, 7) is 2.18. The van der Waals surface area contributed by atoms with Gasteiger partial charge >= 0.3 is 0 Å². The molecule has 0 saturated carbocycles. The number of likely N-dealkylation sites (N-methyl/N-ethyl adjacent to an activating group) is 1. The van der Waals surface area contributed by atoms with E-state index < -0.39 is 0 Å². The summed E-state index contributed by atoms with van der Waals surface area (Å²) in [5.74, 6) is 0.967. The summed E-state index contributed by atoms with van der Waals surface area (Å²) < 4.78 is 5.34. The van der Waals surface area contributed by atoms with Crippen molar-refractivity contribution in [3.8, 4) is 5.75 Å². The third kappa shape index (κ3) is 1.92. The Morgan fingerprint density at radius 2 is 1.93 bits per heavy atom. The summed E-state index contributed by atoms with van der Waals surface area (Å²) in [4.78, 5) is 4.62. The third-order valence-electron chi connectivity index (χ3n) is 3.02. The third-order valence-corrected chi connectivity index (χ3v) is 3.02. The molecule has 0 radical (unpaired) electrons. The van der Waals surface area contributed by atoms with Crippen molar-refractivity contribution >= 4 is 5.69 Å². The number of anilines is 1. The van der Waals surface area contributed by atoms with Gasteiger partial charge in [0.25, 0.3) is 0 Å². The Kier molecular flexibility index (Phi) is 2.82. The van der Waals surface area contributed by atoms with E-state index in [0.717, 1.165) is 18.8 Å². The average Bonchev–Trinajstić information content (AvgIpc) is 2.15. The molecule has 15 heavy (non-hydrogen) atoms. The minimum atomic E-state index is 0.676. The number of methoxy groups -OCH3 is 1. The van der Waals surface area contributed by atoms with Crippen LogP contribution in [0.4, 0.5) is 5.69 Å². The van der Waals surface area contributed by atoms with Crippen LogP contribution in [0.2, 0.25) is 0 Å². The van der Waals surface area contributed by atoms with Crippen molar-refractivity contribution in [3.63, 3.8) is 0 Å². The van der Waals surface area contributed by atoms with E-state index >= 15 is 0 Å². The van der Waals surface area contributed by atoms with Crippen LogP contribution in [0.3, 0.4) is 0 Å². The lowest BCUT2D eigenvalue weighted by Gasteiger charge is -2.44. The Labute approximate surface area is 91.2 Å². The molecular weight excluding hydrogens is 188 g/mol. The highest BCUT2D eigenvalue weighted by Gasteiger charge is 2.29. The molecule has 1 aliphatic heterocycles. The smallest absolute Gasteiger partial charge is 0.142 e. The lowest BCUT2D eigenvalue weighted by molar-refractivity contribution is 0.246. The summed E-state index contributed by atoms with van der Waals surface area (Å²) >= 11 is 0. The van der Waals surface area contributed by atoms with Gasteiger partial charge in [0, 0.05) is 19.1 Å². The molecule has 0 unspecified atom stereocenters. The molecule has 0 atom stereocenters. The van der Waals surface area contributed by atoms with Crippen molar-refractivity contribution in [2.75, 3.05) is 39.2 Å². The van der Waals surface area contributed by atoms with Crippen LogP contribution < -0.4 is 9.64 Å². The van der Waals surface area contributed by atoms with Gasteiger partial charge < -0.3 is 14.5 Å². The number of benzene rings is 1. The molecule has 0 N–H and O–H groups in total. The number of hydrogen-bond donors (Lipinski definition) is 0. The van der Waals surface area contributed by atoms with E-state index in [-0.39, 0.29) is 0 Å². The second kappa shape index (κ2) is 4.11. The van der Waals surface area contributed by atoms with Gasteiger partial charge in [0.15, 0.2) is 0 Å². The molecule has 1 aromatic rings. The van der Waals surface area contributed by atoms with Gasteiger partial charge in [0.1, 0.15) is 5.75 Å². The lowest BCUT2D eigenvalue weighted by Crippen LogP contribution is -2.57. The Balaban J connectivity index is 2.06. The zero-order valence-corrected chi connectivity index (χ0v) is 9.60. The van der Waals surface area contributed by atoms with Gasteiger partial charge in [0.05, 0.1) is 12.8 Å². The maximum atomic E-state index is 5.34. The molecule has 1 aromatic carbocycles. The lowest BCUT2D eigenvalue weighted by atomic mass is 10.1. The van der Waals surface area contributed by atoms with Crippen molar-refractivity contribution in [2.24, 2.45) is 0 Å². The molecule has 0 aliphatic carbocycles. The number of para-hydroxylation sites is 2. The van der Waals surface area contributed by atoms with Gasteiger partial charge in [-0.2, -0.15) is 0 Å². The fraction of sp³-hybridized carbons (Fsp3) is 0.500. The van der Waals surface area contributed by atoms with Gasteiger partial charge in [-0.25, -0.2) is 0 Å². The van der Waals surface area contributed by atoms with Crippen LogP contribution in [0.5, 0.6) is 5.75 Å². The van der Waals surface area contributed by atoms with Crippen LogP contribution in [-0.4, -0.2) is 45.2 Å². The van der Waals surface area contributed by atoms with Crippen LogP contribution in [0.15, 0.2) is 24.3 Å². The van der Waals surface area contributed by atoms with E-state index in [1.165, 1.54) is 5.69 Å². The quantitative estimate of drug-likeness (QED) is 0.744.